The van der Waals surface area contributed by atoms with Crippen molar-refractivity contribution in [2.75, 3.05) is 26.9 Å². The summed E-state index contributed by atoms with van der Waals surface area (Å²) < 4.78 is 22.5. The molecule has 2 aromatic carbocycles. The Morgan fingerprint density at radius 3 is 1.67 bits per heavy atom. The van der Waals surface area contributed by atoms with E-state index < -0.39 is 20.3 Å². The third-order valence-electron chi connectivity index (χ3n) is 4.22. The molecule has 0 saturated carbocycles. The molecule has 0 amide bonds. The highest BCUT2D eigenvalue weighted by molar-refractivity contribution is 6.66. The number of rotatable bonds is 12. The molecule has 1 atom stereocenters. The number of methoxy groups -OCH3 is 1. The Balaban J connectivity index is 2.28. The van der Waals surface area contributed by atoms with Crippen molar-refractivity contribution in [2.24, 2.45) is 10.2 Å². The number of hydrogen-bond acceptors (Lipinski definition) is 7. The fourth-order valence-corrected chi connectivity index (χ4v) is 5.83. The van der Waals surface area contributed by atoms with Gasteiger partial charge in [-0.2, -0.15) is 10.2 Å². The molecule has 2 aromatic rings. The molecule has 1 unspecified atom stereocenters. The monoisotopic (exact) mass is 432 g/mol. The van der Waals surface area contributed by atoms with E-state index in [1.807, 2.05) is 0 Å². The second kappa shape index (κ2) is 11.6. The Labute approximate surface area is 177 Å². The molecule has 0 saturated heterocycles. The zero-order chi connectivity index (χ0) is 22.0. The van der Waals surface area contributed by atoms with Crippen LogP contribution in [0.4, 0.5) is 11.4 Å². The molecule has 0 aliphatic rings. The van der Waals surface area contributed by atoms with Gasteiger partial charge in [0.25, 0.3) is 0 Å². The minimum atomic E-state index is -3.49. The van der Waals surface area contributed by atoms with Crippen molar-refractivity contribution < 1.29 is 27.9 Å². The normalized spacial score (nSPS) is 12.8. The lowest BCUT2D eigenvalue weighted by atomic mass is 10.1. The van der Waals surface area contributed by atoms with Crippen molar-refractivity contribution >= 4 is 26.1 Å². The average Bonchev–Trinajstić information content (AvgIpc) is 2.74. The zero-order valence-corrected chi connectivity index (χ0v) is 18.7. The summed E-state index contributed by atoms with van der Waals surface area (Å²) in [4.78, 5) is 12.2. The van der Waals surface area contributed by atoms with Gasteiger partial charge in [0.05, 0.1) is 18.5 Å². The lowest BCUT2D eigenvalue weighted by molar-refractivity contribution is -0.138. The standard InChI is InChI=1S/C21H28N2O6Si/c1-5-27-30(28-6-2,29-7-3)20(21(24)25)16-8-10-17(11-9-16)22-23-18-12-14-19(26-4)15-13-18/h8-15,20H,5-7H2,1-4H3,(H,24,25). The van der Waals surface area contributed by atoms with Crippen LogP contribution in [0.25, 0.3) is 0 Å². The molecular weight excluding hydrogens is 404 g/mol. The predicted octanol–water partition coefficient (Wildman–Crippen LogP) is 4.87. The first-order valence-corrected chi connectivity index (χ1v) is 11.6. The molecule has 1 N–H and O–H groups in total. The van der Waals surface area contributed by atoms with Crippen molar-refractivity contribution in [1.29, 1.82) is 0 Å². The zero-order valence-electron chi connectivity index (χ0n) is 17.7. The SMILES string of the molecule is CCO[Si](OCC)(OCC)C(C(=O)O)c1ccc(N=Nc2ccc(OC)cc2)cc1. The first kappa shape index (κ1) is 23.7. The maximum atomic E-state index is 12.2. The number of aliphatic carboxylic acids is 1. The summed E-state index contributed by atoms with van der Waals surface area (Å²) in [5, 5.41) is 18.3. The van der Waals surface area contributed by atoms with Gasteiger partial charge in [0.2, 0.25) is 0 Å². The molecule has 0 radical (unpaired) electrons. The number of benzene rings is 2. The summed E-state index contributed by atoms with van der Waals surface area (Å²) in [6.45, 7) is 6.27. The van der Waals surface area contributed by atoms with Gasteiger partial charge >= 0.3 is 14.8 Å². The van der Waals surface area contributed by atoms with Crippen LogP contribution in [-0.4, -0.2) is 46.8 Å². The van der Waals surface area contributed by atoms with Gasteiger partial charge in [-0.25, -0.2) is 0 Å². The number of ether oxygens (including phenoxy) is 1. The molecule has 9 heteroatoms. The van der Waals surface area contributed by atoms with Crippen molar-refractivity contribution in [1.82, 2.24) is 0 Å². The molecule has 0 fully saturated rings. The third kappa shape index (κ3) is 5.96. The highest BCUT2D eigenvalue weighted by Crippen LogP contribution is 2.32. The van der Waals surface area contributed by atoms with Gasteiger partial charge in [0.1, 0.15) is 5.75 Å². The summed E-state index contributed by atoms with van der Waals surface area (Å²) in [6, 6.07) is 14.0. The number of nitrogens with zero attached hydrogens (tertiary/aromatic N) is 2. The number of carboxylic acids is 1. The minimum absolute atomic E-state index is 0.296. The van der Waals surface area contributed by atoms with Crippen LogP contribution in [0, 0.1) is 0 Å². The third-order valence-corrected chi connectivity index (χ3v) is 7.58. The van der Waals surface area contributed by atoms with Gasteiger partial charge < -0.3 is 23.1 Å². The Morgan fingerprint density at radius 2 is 1.30 bits per heavy atom. The van der Waals surface area contributed by atoms with Crippen LogP contribution in [0.1, 0.15) is 31.9 Å². The fourth-order valence-electron chi connectivity index (χ4n) is 2.97. The molecule has 0 bridgehead atoms. The van der Waals surface area contributed by atoms with Gasteiger partial charge in [-0.15, -0.1) is 0 Å². The summed E-state index contributed by atoms with van der Waals surface area (Å²) >= 11 is 0. The number of carbonyl (C=O) groups is 1. The molecule has 0 spiro atoms. The van der Waals surface area contributed by atoms with E-state index in [0.29, 0.717) is 36.8 Å². The first-order chi connectivity index (χ1) is 14.5. The molecule has 0 aliphatic carbocycles. The largest absolute Gasteiger partial charge is 0.520 e. The van der Waals surface area contributed by atoms with Crippen LogP contribution in [0.5, 0.6) is 5.75 Å². The van der Waals surface area contributed by atoms with Gasteiger partial charge in [0, 0.05) is 19.8 Å². The highest BCUT2D eigenvalue weighted by Gasteiger charge is 2.54. The molecule has 0 heterocycles. The number of carboxylic acid groups (broad SMARTS) is 1. The molecule has 30 heavy (non-hydrogen) atoms. The van der Waals surface area contributed by atoms with Crippen LogP contribution in [0.15, 0.2) is 58.8 Å². The van der Waals surface area contributed by atoms with Crippen LogP contribution in [-0.2, 0) is 18.1 Å². The second-order valence-corrected chi connectivity index (χ2v) is 8.81. The Bertz CT molecular complexity index is 809. The van der Waals surface area contributed by atoms with E-state index in [4.69, 9.17) is 18.0 Å². The number of hydrogen-bond donors (Lipinski definition) is 1. The summed E-state index contributed by atoms with van der Waals surface area (Å²) in [5.74, 6) is -0.312. The van der Waals surface area contributed by atoms with E-state index in [1.54, 1.807) is 76.4 Å². The van der Waals surface area contributed by atoms with Gasteiger partial charge in [-0.05, 0) is 62.7 Å². The van der Waals surface area contributed by atoms with Gasteiger partial charge in [-0.3, -0.25) is 4.79 Å². The van der Waals surface area contributed by atoms with Crippen molar-refractivity contribution in [2.45, 2.75) is 26.3 Å². The van der Waals surface area contributed by atoms with Gasteiger partial charge in [0.15, 0.2) is 5.54 Å². The van der Waals surface area contributed by atoms with Gasteiger partial charge in [-0.1, -0.05) is 12.1 Å². The average molecular weight is 433 g/mol. The highest BCUT2D eigenvalue weighted by atomic mass is 28.4. The van der Waals surface area contributed by atoms with Crippen LogP contribution < -0.4 is 4.74 Å². The van der Waals surface area contributed by atoms with Crippen LogP contribution in [0.3, 0.4) is 0 Å². The molecule has 0 aliphatic heterocycles. The minimum Gasteiger partial charge on any atom is -0.497 e. The lowest BCUT2D eigenvalue weighted by Gasteiger charge is -2.33. The summed E-state index contributed by atoms with van der Waals surface area (Å²) in [6.07, 6.45) is 0. The second-order valence-electron chi connectivity index (χ2n) is 6.16. The molecule has 162 valence electrons. The van der Waals surface area contributed by atoms with E-state index in [0.717, 1.165) is 5.75 Å². The van der Waals surface area contributed by atoms with Crippen LogP contribution in [0.2, 0.25) is 0 Å². The van der Waals surface area contributed by atoms with Crippen LogP contribution >= 0.6 is 0 Å². The maximum absolute atomic E-state index is 12.2. The molecule has 2 rings (SSSR count). The Kier molecular flexibility index (Phi) is 9.12. The van der Waals surface area contributed by atoms with E-state index in [2.05, 4.69) is 10.2 Å². The summed E-state index contributed by atoms with van der Waals surface area (Å²) in [7, 11) is -1.89. The molecule has 8 nitrogen and oxygen atoms in total. The Hall–Kier alpha value is -2.59. The topological polar surface area (TPSA) is 98.9 Å². The van der Waals surface area contributed by atoms with E-state index in [-0.39, 0.29) is 0 Å². The maximum Gasteiger partial charge on any atom is 0.520 e. The van der Waals surface area contributed by atoms with Crippen molar-refractivity contribution in [3.05, 3.63) is 54.1 Å². The number of azo groups is 1. The Morgan fingerprint density at radius 1 is 0.867 bits per heavy atom. The molecule has 0 aromatic heterocycles. The summed E-state index contributed by atoms with van der Waals surface area (Å²) in [5.41, 5.74) is 0.770. The smallest absolute Gasteiger partial charge is 0.497 e. The van der Waals surface area contributed by atoms with E-state index in [1.165, 1.54) is 0 Å². The van der Waals surface area contributed by atoms with E-state index >= 15 is 0 Å². The first-order valence-electron chi connectivity index (χ1n) is 9.80. The quantitative estimate of drug-likeness (QED) is 0.380. The fraction of sp³-hybridized carbons (Fsp3) is 0.381. The van der Waals surface area contributed by atoms with Crippen molar-refractivity contribution in [3.63, 3.8) is 0 Å². The van der Waals surface area contributed by atoms with E-state index in [9.17, 15) is 9.90 Å². The predicted molar refractivity (Wildman–Crippen MR) is 115 cm³/mol. The molecular formula is C21H28N2O6Si. The van der Waals surface area contributed by atoms with Crippen molar-refractivity contribution in [3.8, 4) is 5.75 Å². The lowest BCUT2D eigenvalue weighted by Crippen LogP contribution is -2.54.